The Hall–Kier alpha value is -0.980. The Balaban J connectivity index is 2.38. The van der Waals surface area contributed by atoms with Crippen LogP contribution in [-0.4, -0.2) is 13.6 Å². The molecule has 0 spiro atoms. The fourth-order valence-corrected chi connectivity index (χ4v) is 2.31. The van der Waals surface area contributed by atoms with Crippen LogP contribution in [0.1, 0.15) is 50.2 Å². The Morgan fingerprint density at radius 3 is 2.35 bits per heavy atom. The molecule has 0 amide bonds. The predicted octanol–water partition coefficient (Wildman–Crippen LogP) is 4.71. The number of unbranched alkanes of at least 4 members (excludes halogenated alkanes) is 4. The summed E-state index contributed by atoms with van der Waals surface area (Å²) < 4.78 is 0. The molecule has 1 nitrogen and oxygen atoms in total. The lowest BCUT2D eigenvalue weighted by atomic mass is 10.1. The zero-order valence-corrected chi connectivity index (χ0v) is 11.9. The first kappa shape index (κ1) is 14.1. The molecule has 0 unspecified atom stereocenters. The van der Waals surface area contributed by atoms with Gasteiger partial charge >= 0.3 is 0 Å². The zero-order valence-electron chi connectivity index (χ0n) is 11.9. The minimum absolute atomic E-state index is 1.17. The van der Waals surface area contributed by atoms with Crippen LogP contribution < -0.4 is 4.90 Å². The van der Waals surface area contributed by atoms with Gasteiger partial charge in [0, 0.05) is 19.3 Å². The Bertz CT molecular complexity index is 330. The van der Waals surface area contributed by atoms with Crippen LogP contribution in [-0.2, 0) is 0 Å². The van der Waals surface area contributed by atoms with E-state index in [1.807, 2.05) is 0 Å². The average Bonchev–Trinajstić information content (AvgIpc) is 2.28. The first-order valence-electron chi connectivity index (χ1n) is 6.93. The van der Waals surface area contributed by atoms with E-state index in [9.17, 15) is 0 Å². The van der Waals surface area contributed by atoms with Crippen molar-refractivity contribution in [2.75, 3.05) is 18.5 Å². The van der Waals surface area contributed by atoms with Crippen molar-refractivity contribution in [1.29, 1.82) is 0 Å². The maximum absolute atomic E-state index is 2.39. The second kappa shape index (κ2) is 7.37. The Morgan fingerprint density at radius 2 is 1.71 bits per heavy atom. The van der Waals surface area contributed by atoms with E-state index < -0.39 is 0 Å². The Kier molecular flexibility index (Phi) is 6.10. The van der Waals surface area contributed by atoms with Crippen molar-refractivity contribution in [3.05, 3.63) is 29.3 Å². The molecule has 1 aromatic rings. The van der Waals surface area contributed by atoms with Gasteiger partial charge in [-0.1, -0.05) is 50.3 Å². The fourth-order valence-electron chi connectivity index (χ4n) is 2.31. The van der Waals surface area contributed by atoms with Gasteiger partial charge in [0.15, 0.2) is 0 Å². The van der Waals surface area contributed by atoms with Gasteiger partial charge < -0.3 is 4.90 Å². The van der Waals surface area contributed by atoms with Crippen molar-refractivity contribution in [2.45, 2.75) is 52.9 Å². The standard InChI is InChI=1S/C16H27N/c1-5-6-7-8-9-12-17(4)16-11-10-14(2)13-15(16)3/h10-11,13H,5-9,12H2,1-4H3. The summed E-state index contributed by atoms with van der Waals surface area (Å²) in [5.74, 6) is 0. The molecule has 0 saturated carbocycles. The molecule has 0 bridgehead atoms. The van der Waals surface area contributed by atoms with Gasteiger partial charge in [-0.2, -0.15) is 0 Å². The molecule has 1 aromatic carbocycles. The second-order valence-corrected chi connectivity index (χ2v) is 5.13. The number of nitrogens with zero attached hydrogens (tertiary/aromatic N) is 1. The number of hydrogen-bond donors (Lipinski definition) is 0. The fraction of sp³-hybridized carbons (Fsp3) is 0.625. The zero-order chi connectivity index (χ0) is 12.7. The lowest BCUT2D eigenvalue weighted by molar-refractivity contribution is 0.629. The van der Waals surface area contributed by atoms with Crippen molar-refractivity contribution in [1.82, 2.24) is 0 Å². The number of rotatable bonds is 7. The molecular weight excluding hydrogens is 206 g/mol. The summed E-state index contributed by atoms with van der Waals surface area (Å²) in [6.07, 6.45) is 6.77. The van der Waals surface area contributed by atoms with Crippen molar-refractivity contribution >= 4 is 5.69 Å². The largest absolute Gasteiger partial charge is 0.374 e. The first-order chi connectivity index (χ1) is 8.15. The minimum atomic E-state index is 1.17. The molecule has 0 heterocycles. The van der Waals surface area contributed by atoms with Crippen LogP contribution in [0.3, 0.4) is 0 Å². The summed E-state index contributed by atoms with van der Waals surface area (Å²) in [6, 6.07) is 6.72. The highest BCUT2D eigenvalue weighted by Crippen LogP contribution is 2.20. The predicted molar refractivity (Wildman–Crippen MR) is 77.9 cm³/mol. The normalized spacial score (nSPS) is 10.6. The Labute approximate surface area is 107 Å². The third-order valence-corrected chi connectivity index (χ3v) is 3.36. The molecule has 1 heteroatoms. The molecule has 0 aliphatic carbocycles. The van der Waals surface area contributed by atoms with E-state index in [4.69, 9.17) is 0 Å². The third kappa shape index (κ3) is 4.80. The second-order valence-electron chi connectivity index (χ2n) is 5.13. The first-order valence-corrected chi connectivity index (χ1v) is 6.93. The Morgan fingerprint density at radius 1 is 1.00 bits per heavy atom. The molecule has 0 N–H and O–H groups in total. The molecule has 0 aliphatic rings. The van der Waals surface area contributed by atoms with Gasteiger partial charge in [-0.15, -0.1) is 0 Å². The van der Waals surface area contributed by atoms with Gasteiger partial charge in [0.2, 0.25) is 0 Å². The van der Waals surface area contributed by atoms with Crippen molar-refractivity contribution < 1.29 is 0 Å². The summed E-state index contributed by atoms with van der Waals surface area (Å²) in [5, 5.41) is 0. The molecule has 0 radical (unpaired) electrons. The van der Waals surface area contributed by atoms with E-state index in [-0.39, 0.29) is 0 Å². The van der Waals surface area contributed by atoms with Gasteiger partial charge in [0.25, 0.3) is 0 Å². The van der Waals surface area contributed by atoms with Gasteiger partial charge in [-0.05, 0) is 31.9 Å². The van der Waals surface area contributed by atoms with Gasteiger partial charge in [-0.25, -0.2) is 0 Å². The number of aryl methyl sites for hydroxylation is 2. The van der Waals surface area contributed by atoms with Crippen LogP contribution in [0.5, 0.6) is 0 Å². The maximum Gasteiger partial charge on any atom is 0.0393 e. The molecule has 17 heavy (non-hydrogen) atoms. The maximum atomic E-state index is 2.39. The van der Waals surface area contributed by atoms with Crippen molar-refractivity contribution in [2.24, 2.45) is 0 Å². The van der Waals surface area contributed by atoms with Crippen LogP contribution >= 0.6 is 0 Å². The molecule has 0 saturated heterocycles. The van der Waals surface area contributed by atoms with E-state index in [2.05, 4.69) is 50.9 Å². The lowest BCUT2D eigenvalue weighted by Gasteiger charge is -2.21. The highest BCUT2D eigenvalue weighted by atomic mass is 15.1. The van der Waals surface area contributed by atoms with Crippen LogP contribution in [0.15, 0.2) is 18.2 Å². The van der Waals surface area contributed by atoms with Crippen molar-refractivity contribution in [3.63, 3.8) is 0 Å². The average molecular weight is 233 g/mol. The number of hydrogen-bond acceptors (Lipinski definition) is 1. The summed E-state index contributed by atoms with van der Waals surface area (Å²) in [6.45, 7) is 7.80. The van der Waals surface area contributed by atoms with Gasteiger partial charge in [0.1, 0.15) is 0 Å². The lowest BCUT2D eigenvalue weighted by Crippen LogP contribution is -2.19. The van der Waals surface area contributed by atoms with Crippen molar-refractivity contribution in [3.8, 4) is 0 Å². The van der Waals surface area contributed by atoms with Crippen LogP contribution in [0.4, 0.5) is 5.69 Å². The smallest absolute Gasteiger partial charge is 0.0393 e. The van der Waals surface area contributed by atoms with E-state index in [0.717, 1.165) is 0 Å². The number of anilines is 1. The van der Waals surface area contributed by atoms with Crippen LogP contribution in [0.2, 0.25) is 0 Å². The quantitative estimate of drug-likeness (QED) is 0.616. The van der Waals surface area contributed by atoms with E-state index in [1.54, 1.807) is 0 Å². The SMILES string of the molecule is CCCCCCCN(C)c1ccc(C)cc1C. The summed E-state index contributed by atoms with van der Waals surface area (Å²) in [4.78, 5) is 2.39. The molecule has 96 valence electrons. The number of benzene rings is 1. The molecule has 0 aromatic heterocycles. The minimum Gasteiger partial charge on any atom is -0.374 e. The highest BCUT2D eigenvalue weighted by Gasteiger charge is 2.03. The topological polar surface area (TPSA) is 3.24 Å². The van der Waals surface area contributed by atoms with E-state index in [1.165, 1.54) is 55.5 Å². The van der Waals surface area contributed by atoms with Crippen LogP contribution in [0.25, 0.3) is 0 Å². The molecule has 0 atom stereocenters. The van der Waals surface area contributed by atoms with E-state index in [0.29, 0.717) is 0 Å². The monoisotopic (exact) mass is 233 g/mol. The third-order valence-electron chi connectivity index (χ3n) is 3.36. The molecule has 0 aliphatic heterocycles. The highest BCUT2D eigenvalue weighted by molar-refractivity contribution is 5.53. The molecular formula is C16H27N. The summed E-state index contributed by atoms with van der Waals surface area (Å²) in [7, 11) is 2.21. The van der Waals surface area contributed by atoms with Crippen LogP contribution in [0, 0.1) is 13.8 Å². The summed E-state index contributed by atoms with van der Waals surface area (Å²) in [5.41, 5.74) is 4.12. The van der Waals surface area contributed by atoms with Gasteiger partial charge in [0.05, 0.1) is 0 Å². The van der Waals surface area contributed by atoms with Gasteiger partial charge in [-0.3, -0.25) is 0 Å². The van der Waals surface area contributed by atoms with E-state index >= 15 is 0 Å². The molecule has 1 rings (SSSR count). The summed E-state index contributed by atoms with van der Waals surface area (Å²) >= 11 is 0. The molecule has 0 fully saturated rings.